The van der Waals surface area contributed by atoms with Crippen molar-refractivity contribution in [1.82, 2.24) is 0 Å². The minimum absolute atomic E-state index is 0.0429. The van der Waals surface area contributed by atoms with E-state index in [1.165, 1.54) is 0 Å². The predicted octanol–water partition coefficient (Wildman–Crippen LogP) is 0.943. The summed E-state index contributed by atoms with van der Waals surface area (Å²) in [6.45, 7) is 0.0429. The monoisotopic (exact) mass is 208 g/mol. The zero-order chi connectivity index (χ0) is 11.4. The van der Waals surface area contributed by atoms with Crippen molar-refractivity contribution in [2.75, 3.05) is 7.11 Å². The second-order valence-corrected chi connectivity index (χ2v) is 2.80. The van der Waals surface area contributed by atoms with Crippen molar-refractivity contribution in [3.8, 4) is 6.07 Å². The van der Waals surface area contributed by atoms with Crippen molar-refractivity contribution in [3.05, 3.63) is 34.6 Å². The van der Waals surface area contributed by atoms with Gasteiger partial charge in [0.25, 0.3) is 0 Å². The van der Waals surface area contributed by atoms with Crippen molar-refractivity contribution in [3.63, 3.8) is 0 Å². The highest BCUT2D eigenvalue weighted by Crippen LogP contribution is 2.16. The van der Waals surface area contributed by atoms with Gasteiger partial charge in [0.15, 0.2) is 0 Å². The van der Waals surface area contributed by atoms with Crippen LogP contribution in [0.4, 0.5) is 4.39 Å². The molecule has 0 unspecified atom stereocenters. The van der Waals surface area contributed by atoms with E-state index in [9.17, 15) is 9.18 Å². The number of methoxy groups -OCH3 is 1. The van der Waals surface area contributed by atoms with Gasteiger partial charge >= 0.3 is 5.97 Å². The normalized spacial score (nSPS) is 9.47. The van der Waals surface area contributed by atoms with Crippen LogP contribution < -0.4 is 5.73 Å². The molecular weight excluding hydrogens is 199 g/mol. The van der Waals surface area contributed by atoms with Gasteiger partial charge in [-0.05, 0) is 17.7 Å². The molecule has 0 aliphatic rings. The standard InChI is InChI=1S/C10H9FN2O2/c1-15-10(14)8-2-6(4-12)7(5-13)3-9(8)11/h2-3H,5,13H2,1H3. The number of carbonyl (C=O) groups excluding carboxylic acids is 1. The van der Waals surface area contributed by atoms with Crippen LogP contribution in [0.2, 0.25) is 0 Å². The lowest BCUT2D eigenvalue weighted by Crippen LogP contribution is -2.08. The molecule has 0 radical (unpaired) electrons. The van der Waals surface area contributed by atoms with Gasteiger partial charge < -0.3 is 10.5 Å². The Balaban J connectivity index is 3.33. The van der Waals surface area contributed by atoms with Gasteiger partial charge in [0.2, 0.25) is 0 Å². The molecule has 1 aromatic rings. The Bertz CT molecular complexity index is 438. The number of hydrogen-bond acceptors (Lipinski definition) is 4. The molecule has 0 saturated carbocycles. The number of ether oxygens (including phenoxy) is 1. The first-order valence-corrected chi connectivity index (χ1v) is 4.15. The van der Waals surface area contributed by atoms with Crippen LogP contribution in [0.1, 0.15) is 21.5 Å². The number of halogens is 1. The maximum Gasteiger partial charge on any atom is 0.340 e. The van der Waals surface area contributed by atoms with Gasteiger partial charge in [0.1, 0.15) is 5.82 Å². The Kier molecular flexibility index (Phi) is 3.37. The molecule has 0 spiro atoms. The van der Waals surface area contributed by atoms with Crippen LogP contribution in [-0.2, 0) is 11.3 Å². The fraction of sp³-hybridized carbons (Fsp3) is 0.200. The van der Waals surface area contributed by atoms with E-state index in [0.29, 0.717) is 5.56 Å². The average Bonchev–Trinajstić information content (AvgIpc) is 2.27. The van der Waals surface area contributed by atoms with Crippen LogP contribution in [-0.4, -0.2) is 13.1 Å². The lowest BCUT2D eigenvalue weighted by Gasteiger charge is -2.05. The van der Waals surface area contributed by atoms with Crippen LogP contribution in [0.3, 0.4) is 0 Å². The molecule has 0 amide bonds. The number of rotatable bonds is 2. The quantitative estimate of drug-likeness (QED) is 0.734. The van der Waals surface area contributed by atoms with Crippen LogP contribution in [0.5, 0.6) is 0 Å². The maximum absolute atomic E-state index is 13.3. The van der Waals surface area contributed by atoms with E-state index in [2.05, 4.69) is 4.74 Å². The zero-order valence-electron chi connectivity index (χ0n) is 8.08. The molecule has 0 aliphatic heterocycles. The first kappa shape index (κ1) is 11.1. The molecule has 1 rings (SSSR count). The van der Waals surface area contributed by atoms with E-state index >= 15 is 0 Å². The van der Waals surface area contributed by atoms with Gasteiger partial charge in [0.05, 0.1) is 24.3 Å². The van der Waals surface area contributed by atoms with Crippen molar-refractivity contribution in [1.29, 1.82) is 5.26 Å². The van der Waals surface area contributed by atoms with Gasteiger partial charge in [-0.2, -0.15) is 5.26 Å². The number of benzene rings is 1. The van der Waals surface area contributed by atoms with Crippen molar-refractivity contribution in [2.24, 2.45) is 5.73 Å². The Hall–Kier alpha value is -1.93. The van der Waals surface area contributed by atoms with E-state index in [1.807, 2.05) is 6.07 Å². The first-order valence-electron chi connectivity index (χ1n) is 4.15. The highest BCUT2D eigenvalue weighted by atomic mass is 19.1. The van der Waals surface area contributed by atoms with E-state index in [-0.39, 0.29) is 17.7 Å². The summed E-state index contributed by atoms with van der Waals surface area (Å²) in [6.07, 6.45) is 0. The van der Waals surface area contributed by atoms with Gasteiger partial charge in [-0.25, -0.2) is 9.18 Å². The summed E-state index contributed by atoms with van der Waals surface area (Å²) in [7, 11) is 1.14. The van der Waals surface area contributed by atoms with Gasteiger partial charge in [-0.1, -0.05) is 0 Å². The highest BCUT2D eigenvalue weighted by molar-refractivity contribution is 5.90. The zero-order valence-corrected chi connectivity index (χ0v) is 8.08. The summed E-state index contributed by atoms with van der Waals surface area (Å²) < 4.78 is 17.7. The number of nitrogens with zero attached hydrogens (tertiary/aromatic N) is 1. The largest absolute Gasteiger partial charge is 0.465 e. The number of nitriles is 1. The van der Waals surface area contributed by atoms with E-state index in [1.54, 1.807) is 0 Å². The van der Waals surface area contributed by atoms with Gasteiger partial charge in [-0.15, -0.1) is 0 Å². The van der Waals surface area contributed by atoms with E-state index in [0.717, 1.165) is 19.2 Å². The molecular formula is C10H9FN2O2. The van der Waals surface area contributed by atoms with Crippen molar-refractivity contribution < 1.29 is 13.9 Å². The lowest BCUT2D eigenvalue weighted by molar-refractivity contribution is 0.0595. The number of carbonyl (C=O) groups is 1. The van der Waals surface area contributed by atoms with Crippen LogP contribution in [0.25, 0.3) is 0 Å². The summed E-state index contributed by atoms with van der Waals surface area (Å²) in [4.78, 5) is 11.1. The van der Waals surface area contributed by atoms with Crippen molar-refractivity contribution >= 4 is 5.97 Å². The number of nitrogens with two attached hydrogens (primary N) is 1. The van der Waals surface area contributed by atoms with Gasteiger partial charge in [-0.3, -0.25) is 0 Å². The molecule has 0 saturated heterocycles. The fourth-order valence-corrected chi connectivity index (χ4v) is 1.15. The average molecular weight is 208 g/mol. The van der Waals surface area contributed by atoms with Crippen LogP contribution >= 0.6 is 0 Å². The maximum atomic E-state index is 13.3. The summed E-state index contributed by atoms with van der Waals surface area (Å²) in [5.41, 5.74) is 5.61. The highest BCUT2D eigenvalue weighted by Gasteiger charge is 2.15. The third kappa shape index (κ3) is 2.11. The second kappa shape index (κ2) is 4.53. The van der Waals surface area contributed by atoms with Crippen LogP contribution in [0.15, 0.2) is 12.1 Å². The Morgan fingerprint density at radius 2 is 2.33 bits per heavy atom. The SMILES string of the molecule is COC(=O)c1cc(C#N)c(CN)cc1F. The number of esters is 1. The number of hydrogen-bond donors (Lipinski definition) is 1. The minimum Gasteiger partial charge on any atom is -0.465 e. The third-order valence-corrected chi connectivity index (χ3v) is 1.94. The molecule has 0 fully saturated rings. The molecule has 4 nitrogen and oxygen atoms in total. The molecule has 0 heterocycles. The summed E-state index contributed by atoms with van der Waals surface area (Å²) >= 11 is 0. The molecule has 0 aromatic heterocycles. The fourth-order valence-electron chi connectivity index (χ4n) is 1.15. The molecule has 0 aliphatic carbocycles. The first-order chi connectivity index (χ1) is 7.13. The van der Waals surface area contributed by atoms with Crippen LogP contribution in [0, 0.1) is 17.1 Å². The van der Waals surface area contributed by atoms with Crippen molar-refractivity contribution in [2.45, 2.75) is 6.54 Å². The van der Waals surface area contributed by atoms with Gasteiger partial charge in [0, 0.05) is 6.54 Å². The molecule has 15 heavy (non-hydrogen) atoms. The smallest absolute Gasteiger partial charge is 0.340 e. The Labute approximate surface area is 86.1 Å². The molecule has 5 heteroatoms. The molecule has 0 atom stereocenters. The Morgan fingerprint density at radius 1 is 1.67 bits per heavy atom. The Morgan fingerprint density at radius 3 is 2.80 bits per heavy atom. The van der Waals surface area contributed by atoms with E-state index in [4.69, 9.17) is 11.0 Å². The summed E-state index contributed by atoms with van der Waals surface area (Å²) in [5.74, 6) is -1.55. The minimum atomic E-state index is -0.812. The molecule has 1 aromatic carbocycles. The summed E-state index contributed by atoms with van der Waals surface area (Å²) in [5, 5.41) is 8.74. The molecule has 78 valence electrons. The second-order valence-electron chi connectivity index (χ2n) is 2.80. The lowest BCUT2D eigenvalue weighted by atomic mass is 10.0. The predicted molar refractivity (Wildman–Crippen MR) is 50.3 cm³/mol. The summed E-state index contributed by atoms with van der Waals surface area (Å²) in [6, 6.07) is 4.06. The molecule has 2 N–H and O–H groups in total. The topological polar surface area (TPSA) is 76.1 Å². The molecule has 0 bridgehead atoms. The third-order valence-electron chi connectivity index (χ3n) is 1.94. The van der Waals surface area contributed by atoms with E-state index < -0.39 is 11.8 Å².